The highest BCUT2D eigenvalue weighted by Crippen LogP contribution is 2.47. The van der Waals surface area contributed by atoms with E-state index >= 15 is 0 Å². The summed E-state index contributed by atoms with van der Waals surface area (Å²) in [6, 6.07) is 10.9. The summed E-state index contributed by atoms with van der Waals surface area (Å²) in [5.74, 6) is 0. The van der Waals surface area contributed by atoms with Gasteiger partial charge >= 0.3 is 0 Å². The summed E-state index contributed by atoms with van der Waals surface area (Å²) in [4.78, 5) is 4.54. The van der Waals surface area contributed by atoms with E-state index in [1.165, 1.54) is 35.1 Å². The van der Waals surface area contributed by atoms with Gasteiger partial charge in [-0.05, 0) is 65.5 Å². The van der Waals surface area contributed by atoms with Crippen molar-refractivity contribution in [3.63, 3.8) is 0 Å². The second kappa shape index (κ2) is 4.69. The number of pyridine rings is 1. The van der Waals surface area contributed by atoms with E-state index in [9.17, 15) is 0 Å². The first-order chi connectivity index (χ1) is 9.81. The van der Waals surface area contributed by atoms with Crippen LogP contribution in [0.2, 0.25) is 0 Å². The van der Waals surface area contributed by atoms with E-state index in [1.54, 1.807) is 0 Å². The quantitative estimate of drug-likeness (QED) is 0.680. The molecule has 1 aromatic carbocycles. The maximum Gasteiger partial charge on any atom is 0.0704 e. The molecule has 0 atom stereocenters. The summed E-state index contributed by atoms with van der Waals surface area (Å²) in [5, 5.41) is 0. The summed E-state index contributed by atoms with van der Waals surface area (Å²) in [6.07, 6.45) is 4.39. The standard InChI is InChI=1S/C20H25N/c1-14-12-16-17(20(4,5)10-9-19(16,2)3)13-15(14)18-8-6-7-11-21-18/h6-8,11-13H,9-10H2,1-5H3. The third kappa shape index (κ3) is 2.39. The van der Waals surface area contributed by atoms with Crippen LogP contribution in [0.4, 0.5) is 0 Å². The number of hydrogen-bond acceptors (Lipinski definition) is 1. The summed E-state index contributed by atoms with van der Waals surface area (Å²) >= 11 is 0. The number of aryl methyl sites for hydroxylation is 1. The Morgan fingerprint density at radius 2 is 1.52 bits per heavy atom. The topological polar surface area (TPSA) is 12.9 Å². The molecule has 0 fully saturated rings. The minimum absolute atomic E-state index is 0.252. The predicted molar refractivity (Wildman–Crippen MR) is 89.7 cm³/mol. The number of fused-ring (bicyclic) bond motifs is 1. The minimum Gasteiger partial charge on any atom is -0.256 e. The lowest BCUT2D eigenvalue weighted by Gasteiger charge is -2.42. The van der Waals surface area contributed by atoms with Crippen molar-refractivity contribution in [2.75, 3.05) is 0 Å². The lowest BCUT2D eigenvalue weighted by Crippen LogP contribution is -2.34. The Morgan fingerprint density at radius 1 is 0.905 bits per heavy atom. The van der Waals surface area contributed by atoms with Crippen LogP contribution in [0.15, 0.2) is 36.5 Å². The molecule has 1 heterocycles. The molecule has 1 aliphatic carbocycles. The van der Waals surface area contributed by atoms with Crippen LogP contribution in [-0.2, 0) is 10.8 Å². The second-order valence-corrected chi connectivity index (χ2v) is 7.70. The van der Waals surface area contributed by atoms with Gasteiger partial charge in [0.15, 0.2) is 0 Å². The van der Waals surface area contributed by atoms with Crippen molar-refractivity contribution in [1.29, 1.82) is 0 Å². The molecule has 0 N–H and O–H groups in total. The van der Waals surface area contributed by atoms with Gasteiger partial charge in [0.05, 0.1) is 5.69 Å². The molecule has 2 aromatic rings. The van der Waals surface area contributed by atoms with E-state index in [1.807, 2.05) is 12.3 Å². The molecule has 1 aliphatic rings. The molecule has 110 valence electrons. The minimum atomic E-state index is 0.252. The zero-order valence-electron chi connectivity index (χ0n) is 13.8. The smallest absolute Gasteiger partial charge is 0.0704 e. The van der Waals surface area contributed by atoms with E-state index in [4.69, 9.17) is 0 Å². The van der Waals surface area contributed by atoms with Gasteiger partial charge in [-0.3, -0.25) is 4.98 Å². The Labute approximate surface area is 128 Å². The number of hydrogen-bond donors (Lipinski definition) is 0. The van der Waals surface area contributed by atoms with Crippen LogP contribution >= 0.6 is 0 Å². The second-order valence-electron chi connectivity index (χ2n) is 7.70. The normalized spacial score (nSPS) is 19.1. The fourth-order valence-corrected chi connectivity index (χ4v) is 3.52. The monoisotopic (exact) mass is 279 g/mol. The molecule has 3 rings (SSSR count). The molecule has 0 radical (unpaired) electrons. The van der Waals surface area contributed by atoms with Crippen LogP contribution < -0.4 is 0 Å². The Kier molecular flexibility index (Phi) is 3.20. The van der Waals surface area contributed by atoms with Crippen LogP contribution in [0, 0.1) is 6.92 Å². The van der Waals surface area contributed by atoms with Gasteiger partial charge in [-0.2, -0.15) is 0 Å². The Morgan fingerprint density at radius 3 is 2.10 bits per heavy atom. The van der Waals surface area contributed by atoms with Gasteiger partial charge in [-0.15, -0.1) is 0 Å². The third-order valence-electron chi connectivity index (χ3n) is 5.14. The van der Waals surface area contributed by atoms with Gasteiger partial charge in [0.25, 0.3) is 0 Å². The van der Waals surface area contributed by atoms with Crippen molar-refractivity contribution < 1.29 is 0 Å². The van der Waals surface area contributed by atoms with Crippen LogP contribution in [-0.4, -0.2) is 4.98 Å². The van der Waals surface area contributed by atoms with E-state index in [0.29, 0.717) is 0 Å². The van der Waals surface area contributed by atoms with Crippen LogP contribution in [0.3, 0.4) is 0 Å². The zero-order valence-corrected chi connectivity index (χ0v) is 13.8. The van der Waals surface area contributed by atoms with Crippen molar-refractivity contribution in [3.05, 3.63) is 53.2 Å². The van der Waals surface area contributed by atoms with Gasteiger partial charge < -0.3 is 0 Å². The first-order valence-electron chi connectivity index (χ1n) is 7.88. The zero-order chi connectivity index (χ0) is 15.3. The average Bonchev–Trinajstić information content (AvgIpc) is 2.45. The van der Waals surface area contributed by atoms with E-state index in [-0.39, 0.29) is 10.8 Å². The summed E-state index contributed by atoms with van der Waals surface area (Å²) in [5.41, 5.74) is 7.25. The number of nitrogens with zero attached hydrogens (tertiary/aromatic N) is 1. The number of rotatable bonds is 1. The lowest BCUT2D eigenvalue weighted by atomic mass is 9.62. The molecule has 0 saturated carbocycles. The third-order valence-corrected chi connectivity index (χ3v) is 5.14. The SMILES string of the molecule is Cc1cc2c(cc1-c1ccccn1)C(C)(C)CCC2(C)C. The highest BCUT2D eigenvalue weighted by molar-refractivity contribution is 5.67. The summed E-state index contributed by atoms with van der Waals surface area (Å²) < 4.78 is 0. The number of benzene rings is 1. The fourth-order valence-electron chi connectivity index (χ4n) is 3.52. The average molecular weight is 279 g/mol. The molecule has 0 aliphatic heterocycles. The molecule has 0 bridgehead atoms. The Bertz CT molecular complexity index is 666. The van der Waals surface area contributed by atoms with Crippen molar-refractivity contribution in [2.24, 2.45) is 0 Å². The van der Waals surface area contributed by atoms with Crippen LogP contribution in [0.25, 0.3) is 11.3 Å². The molecule has 0 spiro atoms. The van der Waals surface area contributed by atoms with Crippen molar-refractivity contribution in [1.82, 2.24) is 4.98 Å². The van der Waals surface area contributed by atoms with Crippen molar-refractivity contribution >= 4 is 0 Å². The van der Waals surface area contributed by atoms with E-state index < -0.39 is 0 Å². The molecular formula is C20H25N. The first kappa shape index (κ1) is 14.3. The largest absolute Gasteiger partial charge is 0.256 e. The van der Waals surface area contributed by atoms with Gasteiger partial charge in [-0.25, -0.2) is 0 Å². The van der Waals surface area contributed by atoms with Crippen LogP contribution in [0.5, 0.6) is 0 Å². The van der Waals surface area contributed by atoms with Gasteiger partial charge in [0, 0.05) is 11.8 Å². The van der Waals surface area contributed by atoms with Gasteiger partial charge in [0.1, 0.15) is 0 Å². The Balaban J connectivity index is 2.24. The molecule has 21 heavy (non-hydrogen) atoms. The molecular weight excluding hydrogens is 254 g/mol. The van der Waals surface area contributed by atoms with E-state index in [0.717, 1.165) is 5.69 Å². The molecule has 1 nitrogen and oxygen atoms in total. The first-order valence-corrected chi connectivity index (χ1v) is 7.88. The van der Waals surface area contributed by atoms with E-state index in [2.05, 4.69) is 63.9 Å². The molecule has 0 saturated heterocycles. The molecule has 1 aromatic heterocycles. The van der Waals surface area contributed by atoms with Gasteiger partial charge in [-0.1, -0.05) is 39.8 Å². The molecule has 1 heteroatoms. The number of aromatic nitrogens is 1. The molecule has 0 amide bonds. The van der Waals surface area contributed by atoms with Gasteiger partial charge in [0.2, 0.25) is 0 Å². The fraction of sp³-hybridized carbons (Fsp3) is 0.450. The predicted octanol–water partition coefficient (Wildman–Crippen LogP) is 5.41. The van der Waals surface area contributed by atoms with Crippen molar-refractivity contribution in [2.45, 2.75) is 58.3 Å². The maximum atomic E-state index is 4.54. The van der Waals surface area contributed by atoms with Crippen LogP contribution in [0.1, 0.15) is 57.2 Å². The molecule has 0 unspecified atom stereocenters. The maximum absolute atomic E-state index is 4.54. The summed E-state index contributed by atoms with van der Waals surface area (Å²) in [7, 11) is 0. The highest BCUT2D eigenvalue weighted by Gasteiger charge is 2.37. The lowest BCUT2D eigenvalue weighted by molar-refractivity contribution is 0.332. The van der Waals surface area contributed by atoms with Crippen molar-refractivity contribution in [3.8, 4) is 11.3 Å². The highest BCUT2D eigenvalue weighted by atomic mass is 14.7. The summed E-state index contributed by atoms with van der Waals surface area (Å²) in [6.45, 7) is 11.7. The Hall–Kier alpha value is -1.63.